The summed E-state index contributed by atoms with van der Waals surface area (Å²) < 4.78 is 11.5. The third-order valence-electron chi connectivity index (χ3n) is 4.73. The molecule has 0 aliphatic carbocycles. The average Bonchev–Trinajstić information content (AvgIpc) is 2.73. The Labute approximate surface area is 166 Å². The molecule has 0 N–H and O–H groups in total. The first kappa shape index (κ1) is 19.4. The first-order valence-corrected chi connectivity index (χ1v) is 9.22. The van der Waals surface area contributed by atoms with E-state index in [4.69, 9.17) is 9.47 Å². The molecule has 0 heterocycles. The number of hydrogen-bond donors (Lipinski definition) is 0. The summed E-state index contributed by atoms with van der Waals surface area (Å²) in [5.74, 6) is 1.60. The zero-order valence-corrected chi connectivity index (χ0v) is 16.4. The van der Waals surface area contributed by atoms with Crippen LogP contribution in [0.1, 0.15) is 32.6 Å². The Kier molecular flexibility index (Phi) is 6.28. The lowest BCUT2D eigenvalue weighted by Gasteiger charge is -2.13. The van der Waals surface area contributed by atoms with Crippen LogP contribution in [0.4, 0.5) is 0 Å². The summed E-state index contributed by atoms with van der Waals surface area (Å²) in [5, 5.41) is 0. The van der Waals surface area contributed by atoms with Crippen LogP contribution in [-0.4, -0.2) is 12.9 Å². The van der Waals surface area contributed by atoms with Gasteiger partial charge in [-0.15, -0.1) is 0 Å². The standard InChI is InChI=1S/C25H24O3/c1-18-8-7-11-24(19(18)2)28-17-22-16-20(13-15-25(22)27-3)12-14-23(26)21-9-5-4-6-10-21/h4-16H,17H2,1-3H3. The SMILES string of the molecule is COc1ccc(C=CC(=O)c2ccccc2)cc1COc1cccc(C)c1C. The number of carbonyl (C=O) groups is 1. The van der Waals surface area contributed by atoms with Crippen molar-refractivity contribution in [2.45, 2.75) is 20.5 Å². The predicted molar refractivity (Wildman–Crippen MR) is 113 cm³/mol. The first-order chi connectivity index (χ1) is 13.6. The van der Waals surface area contributed by atoms with Crippen LogP contribution in [-0.2, 0) is 6.61 Å². The number of rotatable bonds is 7. The Morgan fingerprint density at radius 2 is 1.71 bits per heavy atom. The van der Waals surface area contributed by atoms with Gasteiger partial charge in [0.25, 0.3) is 0 Å². The largest absolute Gasteiger partial charge is 0.496 e. The number of ketones is 1. The summed E-state index contributed by atoms with van der Waals surface area (Å²) in [7, 11) is 1.64. The van der Waals surface area contributed by atoms with Gasteiger partial charge in [0, 0.05) is 11.1 Å². The van der Waals surface area contributed by atoms with E-state index >= 15 is 0 Å². The molecule has 0 spiro atoms. The van der Waals surface area contributed by atoms with Gasteiger partial charge in [-0.2, -0.15) is 0 Å². The van der Waals surface area contributed by atoms with Crippen molar-refractivity contribution in [3.63, 3.8) is 0 Å². The lowest BCUT2D eigenvalue weighted by atomic mass is 10.1. The quantitative estimate of drug-likeness (QED) is 0.389. The van der Waals surface area contributed by atoms with Crippen LogP contribution in [0.3, 0.4) is 0 Å². The van der Waals surface area contributed by atoms with Gasteiger partial charge in [-0.1, -0.05) is 54.6 Å². The first-order valence-electron chi connectivity index (χ1n) is 9.22. The van der Waals surface area contributed by atoms with E-state index in [1.54, 1.807) is 13.2 Å². The van der Waals surface area contributed by atoms with Crippen molar-refractivity contribution >= 4 is 11.9 Å². The van der Waals surface area contributed by atoms with Gasteiger partial charge >= 0.3 is 0 Å². The molecule has 0 bridgehead atoms. The molecule has 0 radical (unpaired) electrons. The van der Waals surface area contributed by atoms with E-state index in [0.29, 0.717) is 12.2 Å². The minimum absolute atomic E-state index is 0.0235. The highest BCUT2D eigenvalue weighted by molar-refractivity contribution is 6.06. The van der Waals surface area contributed by atoms with Crippen LogP contribution in [0.2, 0.25) is 0 Å². The normalized spacial score (nSPS) is 10.8. The molecule has 0 aromatic heterocycles. The van der Waals surface area contributed by atoms with E-state index < -0.39 is 0 Å². The van der Waals surface area contributed by atoms with E-state index in [1.165, 1.54) is 5.56 Å². The van der Waals surface area contributed by atoms with Gasteiger partial charge in [-0.05, 0) is 54.8 Å². The van der Waals surface area contributed by atoms with Gasteiger partial charge in [0.15, 0.2) is 5.78 Å². The molecule has 0 fully saturated rings. The molecule has 142 valence electrons. The Hall–Kier alpha value is -3.33. The second-order valence-electron chi connectivity index (χ2n) is 6.62. The van der Waals surface area contributed by atoms with Gasteiger partial charge in [0.1, 0.15) is 18.1 Å². The molecule has 0 saturated carbocycles. The molecular weight excluding hydrogens is 348 g/mol. The maximum absolute atomic E-state index is 12.3. The van der Waals surface area contributed by atoms with Crippen LogP contribution in [0.5, 0.6) is 11.5 Å². The monoisotopic (exact) mass is 372 g/mol. The zero-order valence-electron chi connectivity index (χ0n) is 16.4. The molecule has 3 aromatic rings. The fraction of sp³-hybridized carbons (Fsp3) is 0.160. The average molecular weight is 372 g/mol. The molecule has 28 heavy (non-hydrogen) atoms. The van der Waals surface area contributed by atoms with E-state index in [9.17, 15) is 4.79 Å². The Balaban J connectivity index is 1.77. The molecule has 0 saturated heterocycles. The summed E-state index contributed by atoms with van der Waals surface area (Å²) in [5.41, 5.74) is 4.85. The van der Waals surface area contributed by atoms with Crippen molar-refractivity contribution in [1.29, 1.82) is 0 Å². The minimum atomic E-state index is -0.0235. The molecular formula is C25H24O3. The lowest BCUT2D eigenvalue weighted by Crippen LogP contribution is -2.01. The van der Waals surface area contributed by atoms with Crippen molar-refractivity contribution in [2.24, 2.45) is 0 Å². The van der Waals surface area contributed by atoms with Gasteiger partial charge in [0.2, 0.25) is 0 Å². The highest BCUT2D eigenvalue weighted by atomic mass is 16.5. The summed E-state index contributed by atoms with van der Waals surface area (Å²) in [6.07, 6.45) is 3.41. The number of hydrogen-bond acceptors (Lipinski definition) is 3. The molecule has 0 atom stereocenters. The fourth-order valence-corrected chi connectivity index (χ4v) is 2.92. The summed E-state index contributed by atoms with van der Waals surface area (Å²) in [6, 6.07) is 21.1. The van der Waals surface area contributed by atoms with Crippen LogP contribution in [0.15, 0.2) is 72.8 Å². The molecule has 3 rings (SSSR count). The maximum atomic E-state index is 12.3. The highest BCUT2D eigenvalue weighted by Crippen LogP contribution is 2.25. The summed E-state index contributed by atoms with van der Waals surface area (Å²) in [4.78, 5) is 12.3. The topological polar surface area (TPSA) is 35.5 Å². The van der Waals surface area contributed by atoms with Crippen LogP contribution in [0, 0.1) is 13.8 Å². The number of carbonyl (C=O) groups excluding carboxylic acids is 1. The van der Waals surface area contributed by atoms with Gasteiger partial charge in [-0.25, -0.2) is 0 Å². The third kappa shape index (κ3) is 4.68. The Morgan fingerprint density at radius 3 is 2.46 bits per heavy atom. The molecule has 0 unspecified atom stereocenters. The second kappa shape index (κ2) is 9.05. The second-order valence-corrected chi connectivity index (χ2v) is 6.62. The predicted octanol–water partition coefficient (Wildman–Crippen LogP) is 5.79. The number of methoxy groups -OCH3 is 1. The highest BCUT2D eigenvalue weighted by Gasteiger charge is 2.08. The maximum Gasteiger partial charge on any atom is 0.185 e. The minimum Gasteiger partial charge on any atom is -0.496 e. The summed E-state index contributed by atoms with van der Waals surface area (Å²) in [6.45, 7) is 4.51. The molecule has 3 aromatic carbocycles. The third-order valence-corrected chi connectivity index (χ3v) is 4.73. The van der Waals surface area contributed by atoms with Crippen molar-refractivity contribution in [1.82, 2.24) is 0 Å². The van der Waals surface area contributed by atoms with Crippen LogP contribution < -0.4 is 9.47 Å². The van der Waals surface area contributed by atoms with Gasteiger partial charge in [0.05, 0.1) is 7.11 Å². The number of benzene rings is 3. The van der Waals surface area contributed by atoms with Crippen LogP contribution >= 0.6 is 0 Å². The molecule has 0 aliphatic heterocycles. The van der Waals surface area contributed by atoms with Crippen molar-refractivity contribution in [2.75, 3.05) is 7.11 Å². The summed E-state index contributed by atoms with van der Waals surface area (Å²) >= 11 is 0. The number of ether oxygens (including phenoxy) is 2. The number of allylic oxidation sites excluding steroid dienone is 1. The van der Waals surface area contributed by atoms with Crippen molar-refractivity contribution in [3.05, 3.63) is 101 Å². The fourth-order valence-electron chi connectivity index (χ4n) is 2.92. The Morgan fingerprint density at radius 1 is 0.929 bits per heavy atom. The number of aryl methyl sites for hydroxylation is 1. The van der Waals surface area contributed by atoms with E-state index in [2.05, 4.69) is 19.9 Å². The Bertz CT molecular complexity index is 988. The van der Waals surface area contributed by atoms with E-state index in [-0.39, 0.29) is 5.78 Å². The van der Waals surface area contributed by atoms with Crippen LogP contribution in [0.25, 0.3) is 6.08 Å². The molecule has 0 amide bonds. The van der Waals surface area contributed by atoms with E-state index in [0.717, 1.165) is 28.2 Å². The molecule has 3 heteroatoms. The van der Waals surface area contributed by atoms with Crippen molar-refractivity contribution < 1.29 is 14.3 Å². The van der Waals surface area contributed by atoms with Crippen molar-refractivity contribution in [3.8, 4) is 11.5 Å². The molecule has 0 aliphatic rings. The van der Waals surface area contributed by atoms with Gasteiger partial charge < -0.3 is 9.47 Å². The lowest BCUT2D eigenvalue weighted by molar-refractivity contribution is 0.104. The zero-order chi connectivity index (χ0) is 19.9. The molecule has 3 nitrogen and oxygen atoms in total. The van der Waals surface area contributed by atoms with E-state index in [1.807, 2.05) is 66.7 Å². The van der Waals surface area contributed by atoms with Gasteiger partial charge in [-0.3, -0.25) is 4.79 Å². The smallest absolute Gasteiger partial charge is 0.185 e.